The van der Waals surface area contributed by atoms with E-state index in [1.54, 1.807) is 25.1 Å². The van der Waals surface area contributed by atoms with Gasteiger partial charge in [-0.2, -0.15) is 0 Å². The third-order valence-electron chi connectivity index (χ3n) is 5.06. The van der Waals surface area contributed by atoms with Crippen LogP contribution < -0.4 is 5.32 Å². The summed E-state index contributed by atoms with van der Waals surface area (Å²) in [6.45, 7) is 1.78. The number of fused-ring (bicyclic) bond motifs is 6. The first-order valence-electron chi connectivity index (χ1n) is 8.23. The van der Waals surface area contributed by atoms with Crippen LogP contribution in [0.15, 0.2) is 28.8 Å². The van der Waals surface area contributed by atoms with Crippen molar-refractivity contribution in [2.24, 2.45) is 0 Å². The van der Waals surface area contributed by atoms with Crippen LogP contribution in [0.5, 0.6) is 0 Å². The van der Waals surface area contributed by atoms with E-state index in [0.717, 1.165) is 16.7 Å². The zero-order valence-electron chi connectivity index (χ0n) is 13.2. The number of carbonyl (C=O) groups excluding carboxylic acids is 1. The summed E-state index contributed by atoms with van der Waals surface area (Å²) in [6.07, 6.45) is 3.63. The maximum absolute atomic E-state index is 12.4. The summed E-state index contributed by atoms with van der Waals surface area (Å²) in [5.41, 5.74) is 4.50. The molecule has 2 aromatic heterocycles. The average molecular weight is 320 g/mol. The van der Waals surface area contributed by atoms with Crippen molar-refractivity contribution in [1.29, 1.82) is 0 Å². The first-order chi connectivity index (χ1) is 11.7. The molecule has 6 nitrogen and oxygen atoms in total. The van der Waals surface area contributed by atoms with E-state index >= 15 is 0 Å². The Hall–Kier alpha value is -2.76. The fourth-order valence-corrected chi connectivity index (χ4v) is 3.92. The maximum Gasteiger partial charge on any atom is 0.256 e. The van der Waals surface area contributed by atoms with E-state index in [4.69, 9.17) is 14.5 Å². The van der Waals surface area contributed by atoms with Gasteiger partial charge in [-0.05, 0) is 44.4 Å². The van der Waals surface area contributed by atoms with Gasteiger partial charge in [0.1, 0.15) is 5.76 Å². The van der Waals surface area contributed by atoms with E-state index in [1.165, 1.54) is 25.0 Å². The molecule has 1 N–H and O–H groups in total. The molecule has 3 aromatic rings. The largest absolute Gasteiger partial charge is 0.360 e. The van der Waals surface area contributed by atoms with Crippen LogP contribution in [0.2, 0.25) is 0 Å². The number of hydrogen-bond acceptors (Lipinski definition) is 5. The summed E-state index contributed by atoms with van der Waals surface area (Å²) < 4.78 is 4.96. The van der Waals surface area contributed by atoms with Gasteiger partial charge in [-0.1, -0.05) is 5.16 Å². The van der Waals surface area contributed by atoms with Crippen molar-refractivity contribution in [3.63, 3.8) is 0 Å². The van der Waals surface area contributed by atoms with Crippen LogP contribution in [0.3, 0.4) is 0 Å². The molecule has 2 heterocycles. The molecule has 0 spiro atoms. The summed E-state index contributed by atoms with van der Waals surface area (Å²) in [7, 11) is 0. The van der Waals surface area contributed by atoms with Crippen molar-refractivity contribution in [3.8, 4) is 0 Å². The molecule has 2 aliphatic rings. The van der Waals surface area contributed by atoms with Gasteiger partial charge in [-0.3, -0.25) is 4.79 Å². The molecule has 1 amide bonds. The lowest BCUT2D eigenvalue weighted by Gasteiger charge is -2.14. The van der Waals surface area contributed by atoms with E-state index in [0.29, 0.717) is 29.0 Å². The van der Waals surface area contributed by atoms with Gasteiger partial charge in [-0.15, -0.1) is 0 Å². The van der Waals surface area contributed by atoms with E-state index < -0.39 is 0 Å². The molecular formula is C18H16N4O2. The molecule has 0 aliphatic heterocycles. The number of benzene rings is 1. The van der Waals surface area contributed by atoms with Crippen molar-refractivity contribution in [2.75, 3.05) is 5.32 Å². The smallest absolute Gasteiger partial charge is 0.256 e. The molecule has 1 fully saturated rings. The molecule has 5 rings (SSSR count). The Balaban J connectivity index is 1.50. The van der Waals surface area contributed by atoms with Crippen molar-refractivity contribution >= 4 is 22.8 Å². The van der Waals surface area contributed by atoms with Gasteiger partial charge in [0.2, 0.25) is 0 Å². The Morgan fingerprint density at radius 2 is 1.88 bits per heavy atom. The molecule has 0 saturated heterocycles. The molecule has 120 valence electrons. The van der Waals surface area contributed by atoms with Crippen molar-refractivity contribution < 1.29 is 9.32 Å². The van der Waals surface area contributed by atoms with Gasteiger partial charge in [0.25, 0.3) is 5.91 Å². The Kier molecular flexibility index (Phi) is 2.77. The van der Waals surface area contributed by atoms with Gasteiger partial charge in [0.15, 0.2) is 5.82 Å². The first kappa shape index (κ1) is 13.7. The van der Waals surface area contributed by atoms with Crippen molar-refractivity contribution in [2.45, 2.75) is 38.0 Å². The van der Waals surface area contributed by atoms with Crippen LogP contribution in [-0.2, 0) is 0 Å². The topological polar surface area (TPSA) is 80.9 Å². The van der Waals surface area contributed by atoms with Crippen molar-refractivity contribution in [3.05, 3.63) is 47.0 Å². The minimum absolute atomic E-state index is 0.228. The molecule has 24 heavy (non-hydrogen) atoms. The van der Waals surface area contributed by atoms with Crippen molar-refractivity contribution in [1.82, 2.24) is 15.1 Å². The third-order valence-corrected chi connectivity index (χ3v) is 5.06. The van der Waals surface area contributed by atoms with Gasteiger partial charge in [0.05, 0.1) is 22.4 Å². The lowest BCUT2D eigenvalue weighted by Crippen LogP contribution is -2.12. The molecule has 6 heteroatoms. The number of hydrogen-bond donors (Lipinski definition) is 1. The third kappa shape index (κ3) is 2.02. The van der Waals surface area contributed by atoms with E-state index in [9.17, 15) is 4.79 Å². The number of nitrogens with zero attached hydrogens (tertiary/aromatic N) is 3. The Morgan fingerprint density at radius 3 is 2.58 bits per heavy atom. The molecular weight excluding hydrogens is 304 g/mol. The SMILES string of the molecule is Cc1cc(NC(=O)c2ccc3nc4c(nc3c2)C2CCC4C2)no1. The zero-order chi connectivity index (χ0) is 16.3. The highest BCUT2D eigenvalue weighted by atomic mass is 16.5. The van der Waals surface area contributed by atoms with E-state index in [-0.39, 0.29) is 5.91 Å². The molecule has 1 saturated carbocycles. The summed E-state index contributed by atoms with van der Waals surface area (Å²) in [4.78, 5) is 22.0. The summed E-state index contributed by atoms with van der Waals surface area (Å²) in [6, 6.07) is 7.13. The lowest BCUT2D eigenvalue weighted by molar-refractivity contribution is 0.102. The van der Waals surface area contributed by atoms with Crippen LogP contribution in [0.25, 0.3) is 11.0 Å². The number of anilines is 1. The highest BCUT2D eigenvalue weighted by Gasteiger charge is 2.39. The Morgan fingerprint density at radius 1 is 1.12 bits per heavy atom. The Labute approximate surface area is 138 Å². The fourth-order valence-electron chi connectivity index (χ4n) is 3.92. The molecule has 2 aliphatic carbocycles. The van der Waals surface area contributed by atoms with Crippen LogP contribution in [0.4, 0.5) is 5.82 Å². The highest BCUT2D eigenvalue weighted by Crippen LogP contribution is 2.51. The summed E-state index contributed by atoms with van der Waals surface area (Å²) >= 11 is 0. The van der Waals surface area contributed by atoms with Gasteiger partial charge in [0, 0.05) is 23.5 Å². The monoisotopic (exact) mass is 320 g/mol. The number of carbonyl (C=O) groups is 1. The number of rotatable bonds is 2. The highest BCUT2D eigenvalue weighted by molar-refractivity contribution is 6.05. The summed E-state index contributed by atoms with van der Waals surface area (Å²) in [5.74, 6) is 1.97. The standard InChI is InChI=1S/C18H16N4O2/c1-9-6-15(22-24-9)21-18(23)12-4-5-13-14(8-12)20-17-11-3-2-10(7-11)16(17)19-13/h4-6,8,10-11H,2-3,7H2,1H3,(H,21,22,23). The zero-order valence-corrected chi connectivity index (χ0v) is 13.2. The second-order valence-electron chi connectivity index (χ2n) is 6.68. The Bertz CT molecular complexity index is 978. The van der Waals surface area contributed by atoms with Crippen LogP contribution in [0.1, 0.15) is 58.6 Å². The maximum atomic E-state index is 12.4. The first-order valence-corrected chi connectivity index (χ1v) is 8.23. The average Bonchev–Trinajstić information content (AvgIpc) is 3.29. The number of aromatic nitrogens is 3. The van der Waals surface area contributed by atoms with E-state index in [2.05, 4.69) is 10.5 Å². The summed E-state index contributed by atoms with van der Waals surface area (Å²) in [5, 5.41) is 6.51. The van der Waals surface area contributed by atoms with Crippen LogP contribution in [0, 0.1) is 6.92 Å². The van der Waals surface area contributed by atoms with Gasteiger partial charge < -0.3 is 9.84 Å². The van der Waals surface area contributed by atoms with E-state index in [1.807, 2.05) is 6.07 Å². The number of nitrogens with one attached hydrogen (secondary N) is 1. The van der Waals surface area contributed by atoms with Gasteiger partial charge >= 0.3 is 0 Å². The minimum atomic E-state index is -0.228. The quantitative estimate of drug-likeness (QED) is 0.781. The fraction of sp³-hybridized carbons (Fsp3) is 0.333. The predicted molar refractivity (Wildman–Crippen MR) is 88.1 cm³/mol. The predicted octanol–water partition coefficient (Wildman–Crippen LogP) is 3.54. The van der Waals surface area contributed by atoms with Crippen LogP contribution in [-0.4, -0.2) is 21.0 Å². The molecule has 1 aromatic carbocycles. The molecule has 2 bridgehead atoms. The second kappa shape index (κ2) is 4.87. The lowest BCUT2D eigenvalue weighted by atomic mass is 10.00. The number of amides is 1. The number of aryl methyl sites for hydroxylation is 1. The molecule has 0 radical (unpaired) electrons. The minimum Gasteiger partial charge on any atom is -0.360 e. The molecule has 2 unspecified atom stereocenters. The second-order valence-corrected chi connectivity index (χ2v) is 6.68. The van der Waals surface area contributed by atoms with Gasteiger partial charge in [-0.25, -0.2) is 9.97 Å². The van der Waals surface area contributed by atoms with Crippen LogP contribution >= 0.6 is 0 Å². The normalized spacial score (nSPS) is 21.2. The molecule has 2 atom stereocenters.